The van der Waals surface area contributed by atoms with E-state index in [4.69, 9.17) is 18.5 Å². The van der Waals surface area contributed by atoms with Crippen molar-refractivity contribution >= 4 is 13.8 Å². The lowest BCUT2D eigenvalue weighted by molar-refractivity contribution is -0.870. The first-order chi connectivity index (χ1) is 21.1. The van der Waals surface area contributed by atoms with E-state index in [0.717, 1.165) is 32.1 Å². The van der Waals surface area contributed by atoms with Gasteiger partial charge in [0.25, 0.3) is 7.82 Å². The third kappa shape index (κ3) is 32.9. The Morgan fingerprint density at radius 2 is 1.05 bits per heavy atom. The number of hydrogen-bond acceptors (Lipinski definition) is 7. The zero-order valence-electron chi connectivity index (χ0n) is 29.6. The van der Waals surface area contributed by atoms with Gasteiger partial charge in [-0.2, -0.15) is 0 Å². The van der Waals surface area contributed by atoms with E-state index in [2.05, 4.69) is 13.8 Å². The molecular weight excluding hydrogens is 577 g/mol. The summed E-state index contributed by atoms with van der Waals surface area (Å²) >= 11 is 0. The summed E-state index contributed by atoms with van der Waals surface area (Å²) in [6.07, 6.45) is 26.8. The number of ether oxygens (including phenoxy) is 2. The molecule has 8 nitrogen and oxygen atoms in total. The molecule has 44 heavy (non-hydrogen) atoms. The van der Waals surface area contributed by atoms with Crippen molar-refractivity contribution in [2.24, 2.45) is 0 Å². The minimum Gasteiger partial charge on any atom is -0.756 e. The Morgan fingerprint density at radius 3 is 1.50 bits per heavy atom. The fraction of sp³-hybridized carbons (Fsp3) is 0.971. The quantitative estimate of drug-likeness (QED) is 0.0297. The molecule has 0 heterocycles. The van der Waals surface area contributed by atoms with Crippen LogP contribution < -0.4 is 4.89 Å². The van der Waals surface area contributed by atoms with Gasteiger partial charge in [0.2, 0.25) is 0 Å². The van der Waals surface area contributed by atoms with Crippen LogP contribution in [0.15, 0.2) is 0 Å². The summed E-state index contributed by atoms with van der Waals surface area (Å²) < 4.78 is 34.3. The Hall–Kier alpha value is -0.500. The lowest BCUT2D eigenvalue weighted by atomic mass is 10.0. The number of quaternary nitrogens is 1. The van der Waals surface area contributed by atoms with Crippen molar-refractivity contribution in [2.45, 2.75) is 168 Å². The highest BCUT2D eigenvalue weighted by atomic mass is 31.2. The van der Waals surface area contributed by atoms with Gasteiger partial charge < -0.3 is 27.9 Å². The molecule has 0 N–H and O–H groups in total. The molecule has 0 aliphatic rings. The maximum atomic E-state index is 12.5. The van der Waals surface area contributed by atoms with E-state index in [1.54, 1.807) is 0 Å². The van der Waals surface area contributed by atoms with Crippen LogP contribution in [0.5, 0.6) is 0 Å². The van der Waals surface area contributed by atoms with Gasteiger partial charge in [0.1, 0.15) is 19.3 Å². The molecule has 264 valence electrons. The molecule has 0 fully saturated rings. The van der Waals surface area contributed by atoms with Crippen molar-refractivity contribution in [3.8, 4) is 0 Å². The van der Waals surface area contributed by atoms with E-state index in [9.17, 15) is 14.3 Å². The molecule has 2 atom stereocenters. The summed E-state index contributed by atoms with van der Waals surface area (Å²) in [5.41, 5.74) is 0. The topological polar surface area (TPSA) is 94.1 Å². The van der Waals surface area contributed by atoms with Crippen LogP contribution in [-0.4, -0.2) is 70.7 Å². The lowest BCUT2D eigenvalue weighted by Gasteiger charge is -2.28. The van der Waals surface area contributed by atoms with Crippen molar-refractivity contribution in [3.63, 3.8) is 0 Å². The Kier molecular flexibility index (Phi) is 29.5. The second-order valence-electron chi connectivity index (χ2n) is 13.6. The highest BCUT2D eigenvalue weighted by Crippen LogP contribution is 2.38. The zero-order chi connectivity index (χ0) is 32.8. The molecule has 0 spiro atoms. The van der Waals surface area contributed by atoms with Gasteiger partial charge in [0.15, 0.2) is 0 Å². The molecule has 0 aliphatic carbocycles. The first kappa shape index (κ1) is 43.5. The summed E-state index contributed by atoms with van der Waals surface area (Å²) in [4.78, 5) is 24.8. The van der Waals surface area contributed by atoms with Crippen LogP contribution in [0.4, 0.5) is 0 Å². The van der Waals surface area contributed by atoms with Gasteiger partial charge in [-0.25, -0.2) is 0 Å². The van der Waals surface area contributed by atoms with E-state index < -0.39 is 13.9 Å². The maximum absolute atomic E-state index is 12.5. The van der Waals surface area contributed by atoms with Crippen LogP contribution in [0.2, 0.25) is 0 Å². The number of likely N-dealkylation sites (N-methyl/N-ethyl adjacent to an activating group) is 1. The lowest BCUT2D eigenvalue weighted by Crippen LogP contribution is -2.37. The van der Waals surface area contributed by atoms with E-state index in [1.165, 1.54) is 109 Å². The van der Waals surface area contributed by atoms with Gasteiger partial charge in [-0.15, -0.1) is 0 Å². The number of carbonyl (C=O) groups excluding carboxylic acids is 1. The van der Waals surface area contributed by atoms with Gasteiger partial charge in [0, 0.05) is 13.0 Å². The maximum Gasteiger partial charge on any atom is 0.306 e. The van der Waals surface area contributed by atoms with Crippen LogP contribution >= 0.6 is 7.82 Å². The third-order valence-corrected chi connectivity index (χ3v) is 8.87. The predicted molar refractivity (Wildman–Crippen MR) is 181 cm³/mol. The molecule has 0 saturated heterocycles. The first-order valence-corrected chi connectivity index (χ1v) is 19.7. The van der Waals surface area contributed by atoms with Crippen LogP contribution in [0.1, 0.15) is 162 Å². The van der Waals surface area contributed by atoms with E-state index >= 15 is 0 Å². The van der Waals surface area contributed by atoms with Crippen molar-refractivity contribution in [2.75, 3.05) is 54.1 Å². The average molecular weight is 650 g/mol. The molecule has 0 radical (unpaired) electrons. The number of phosphoric acid groups is 1. The molecule has 9 heteroatoms. The van der Waals surface area contributed by atoms with Gasteiger partial charge in [-0.1, -0.05) is 142 Å². The van der Waals surface area contributed by atoms with Crippen molar-refractivity contribution in [1.82, 2.24) is 0 Å². The normalized spacial score (nSPS) is 14.0. The number of hydrogen-bond donors (Lipinski definition) is 0. The van der Waals surface area contributed by atoms with Crippen molar-refractivity contribution in [1.29, 1.82) is 0 Å². The Bertz CT molecular complexity index is 686. The molecule has 0 aromatic carbocycles. The molecule has 0 aromatic rings. The standard InChI is InChI=1S/C35H72NO7P/c1-6-8-10-12-14-15-16-17-18-19-20-21-22-24-26-28-35(37)43-34(32-40-30-27-25-23-13-11-9-7-2)33-42-44(38,39)41-31-29-36(3,4)5/h34H,6-33H2,1-5H3. The Labute approximate surface area is 272 Å². The predicted octanol–water partition coefficient (Wildman–Crippen LogP) is 9.13. The summed E-state index contributed by atoms with van der Waals surface area (Å²) in [6, 6.07) is 0. The minimum atomic E-state index is -4.50. The average Bonchev–Trinajstić information content (AvgIpc) is 2.96. The molecule has 0 amide bonds. The zero-order valence-corrected chi connectivity index (χ0v) is 30.5. The van der Waals surface area contributed by atoms with Crippen LogP contribution in [-0.2, 0) is 27.9 Å². The summed E-state index contributed by atoms with van der Waals surface area (Å²) in [7, 11) is 1.37. The second kappa shape index (κ2) is 29.9. The highest BCUT2D eigenvalue weighted by molar-refractivity contribution is 7.45. The molecule has 0 rings (SSSR count). The van der Waals surface area contributed by atoms with Gasteiger partial charge in [-0.3, -0.25) is 9.36 Å². The van der Waals surface area contributed by atoms with Gasteiger partial charge in [-0.05, 0) is 12.8 Å². The molecule has 0 aromatic heterocycles. The Morgan fingerprint density at radius 1 is 0.614 bits per heavy atom. The number of carbonyl (C=O) groups is 1. The second-order valence-corrected chi connectivity index (χ2v) is 15.0. The molecule has 0 aliphatic heterocycles. The van der Waals surface area contributed by atoms with E-state index in [0.29, 0.717) is 24.1 Å². The minimum absolute atomic E-state index is 0.0304. The number of nitrogens with zero attached hydrogens (tertiary/aromatic N) is 1. The molecule has 2 unspecified atom stereocenters. The largest absolute Gasteiger partial charge is 0.756 e. The summed E-state index contributed by atoms with van der Waals surface area (Å²) in [5, 5.41) is 0. The van der Waals surface area contributed by atoms with Gasteiger partial charge in [0.05, 0.1) is 34.4 Å². The van der Waals surface area contributed by atoms with Crippen molar-refractivity contribution in [3.05, 3.63) is 0 Å². The SMILES string of the molecule is CCCCCCCCCCCCCCCCCC(=O)OC(COCCCCCCCCC)COP(=O)([O-])OCC[N+](C)(C)C. The first-order valence-electron chi connectivity index (χ1n) is 18.3. The third-order valence-electron chi connectivity index (χ3n) is 7.91. The number of phosphoric ester groups is 1. The van der Waals surface area contributed by atoms with Crippen LogP contribution in [0, 0.1) is 0 Å². The molecule has 0 saturated carbocycles. The van der Waals surface area contributed by atoms with Crippen molar-refractivity contribution < 1.29 is 37.3 Å². The number of unbranched alkanes of at least 4 members (excludes halogenated alkanes) is 20. The van der Waals surface area contributed by atoms with Gasteiger partial charge >= 0.3 is 5.97 Å². The molecule has 0 bridgehead atoms. The fourth-order valence-corrected chi connectivity index (χ4v) is 5.74. The smallest absolute Gasteiger partial charge is 0.306 e. The van der Waals surface area contributed by atoms with E-state index in [-0.39, 0.29) is 25.8 Å². The summed E-state index contributed by atoms with van der Waals surface area (Å²) in [5.74, 6) is -0.334. The van der Waals surface area contributed by atoms with Crippen LogP contribution in [0.3, 0.4) is 0 Å². The Balaban J connectivity index is 4.21. The monoisotopic (exact) mass is 650 g/mol. The van der Waals surface area contributed by atoms with E-state index in [1.807, 2.05) is 21.1 Å². The fourth-order valence-electron chi connectivity index (χ4n) is 5.02. The van der Waals surface area contributed by atoms with Crippen LogP contribution in [0.25, 0.3) is 0 Å². The number of esters is 1. The molecular formula is C35H72NO7P. The highest BCUT2D eigenvalue weighted by Gasteiger charge is 2.20. The number of rotatable bonds is 34. The summed E-state index contributed by atoms with van der Waals surface area (Å²) in [6.45, 7) is 5.39.